The quantitative estimate of drug-likeness (QED) is 0.289. The molecule has 0 aliphatic carbocycles. The van der Waals surface area contributed by atoms with Crippen molar-refractivity contribution in [1.29, 1.82) is 0 Å². The fourth-order valence-electron chi connectivity index (χ4n) is 5.97. The van der Waals surface area contributed by atoms with Gasteiger partial charge in [0.15, 0.2) is 0 Å². The van der Waals surface area contributed by atoms with E-state index in [1.165, 1.54) is 22.1 Å². The van der Waals surface area contributed by atoms with Gasteiger partial charge in [0.25, 0.3) is 0 Å². The van der Waals surface area contributed by atoms with Crippen molar-refractivity contribution < 1.29 is 14.6 Å². The second-order valence-corrected chi connectivity index (χ2v) is 12.4. The van der Waals surface area contributed by atoms with Crippen LogP contribution in [-0.2, 0) is 22.3 Å². The number of methoxy groups -OCH3 is 1. The van der Waals surface area contributed by atoms with Gasteiger partial charge in [0, 0.05) is 53.8 Å². The van der Waals surface area contributed by atoms with Crippen LogP contribution in [0.25, 0.3) is 22.2 Å². The summed E-state index contributed by atoms with van der Waals surface area (Å²) in [5, 5.41) is 16.0. The Morgan fingerprint density at radius 3 is 2.65 bits per heavy atom. The van der Waals surface area contributed by atoms with Crippen molar-refractivity contribution in [2.24, 2.45) is 5.41 Å². The number of aromatic nitrogens is 2. The van der Waals surface area contributed by atoms with E-state index in [2.05, 4.69) is 77.5 Å². The van der Waals surface area contributed by atoms with Crippen LogP contribution in [0.15, 0.2) is 30.5 Å². The lowest BCUT2D eigenvalue weighted by atomic mass is 9.81. The lowest BCUT2D eigenvalue weighted by molar-refractivity contribution is 0.0180. The van der Waals surface area contributed by atoms with E-state index in [4.69, 9.17) is 14.5 Å². The summed E-state index contributed by atoms with van der Waals surface area (Å²) < 4.78 is 11.6. The summed E-state index contributed by atoms with van der Waals surface area (Å²) in [6.07, 6.45) is 5.78. The number of benzene rings is 1. The molecule has 37 heavy (non-hydrogen) atoms. The number of hydrogen-bond donors (Lipinski definition) is 3. The van der Waals surface area contributed by atoms with Crippen LogP contribution in [0.5, 0.6) is 0 Å². The summed E-state index contributed by atoms with van der Waals surface area (Å²) in [5.74, 6) is 0.450. The molecule has 0 amide bonds. The maximum Gasteiger partial charge on any atom is 0.0969 e. The third kappa shape index (κ3) is 5.66. The van der Waals surface area contributed by atoms with Crippen molar-refractivity contribution in [3.05, 3.63) is 52.8 Å². The molecule has 2 saturated heterocycles. The summed E-state index contributed by atoms with van der Waals surface area (Å²) in [7, 11) is 1.74. The van der Waals surface area contributed by atoms with Gasteiger partial charge in [-0.2, -0.15) is 0 Å². The van der Waals surface area contributed by atoms with Gasteiger partial charge in [-0.05, 0) is 78.8 Å². The first-order chi connectivity index (χ1) is 17.8. The highest BCUT2D eigenvalue weighted by Crippen LogP contribution is 2.41. The highest BCUT2D eigenvalue weighted by atomic mass is 79.9. The molecule has 0 saturated carbocycles. The second-order valence-electron chi connectivity index (χ2n) is 11.6. The minimum atomic E-state index is -0.250. The monoisotopic (exact) mass is 569 g/mol. The van der Waals surface area contributed by atoms with Crippen LogP contribution in [-0.4, -0.2) is 59.4 Å². The lowest BCUT2D eigenvalue weighted by Gasteiger charge is -2.40. The Balaban J connectivity index is 1.66. The van der Waals surface area contributed by atoms with Gasteiger partial charge in [-0.15, -0.1) is 0 Å². The number of hydrogen-bond acceptors (Lipinski definition) is 5. The number of fused-ring (bicyclic) bond motifs is 3. The fourth-order valence-corrected chi connectivity index (χ4v) is 6.43. The molecule has 4 heterocycles. The van der Waals surface area contributed by atoms with Gasteiger partial charge in [-0.25, -0.2) is 0 Å². The highest BCUT2D eigenvalue weighted by molar-refractivity contribution is 9.09. The van der Waals surface area contributed by atoms with E-state index in [1.54, 1.807) is 7.11 Å². The van der Waals surface area contributed by atoms with Gasteiger partial charge in [-0.1, -0.05) is 35.8 Å². The molecule has 200 valence electrons. The largest absolute Gasteiger partial charge is 0.396 e. The topological polar surface area (TPSA) is 79.4 Å². The summed E-state index contributed by atoms with van der Waals surface area (Å²) >= 11 is 3.59. The smallest absolute Gasteiger partial charge is 0.0969 e. The third-order valence-electron chi connectivity index (χ3n) is 8.10. The number of aliphatic hydroxyl groups is 1. The average molecular weight is 571 g/mol. The molecule has 1 unspecified atom stereocenters. The first kappa shape index (κ1) is 26.8. The van der Waals surface area contributed by atoms with Gasteiger partial charge >= 0.3 is 0 Å². The van der Waals surface area contributed by atoms with Crippen molar-refractivity contribution in [3.63, 3.8) is 0 Å². The Labute approximate surface area is 228 Å². The normalized spacial score (nSPS) is 22.9. The van der Waals surface area contributed by atoms with Crippen molar-refractivity contribution in [2.45, 2.75) is 70.6 Å². The Morgan fingerprint density at radius 1 is 1.22 bits per heavy atom. The van der Waals surface area contributed by atoms with Gasteiger partial charge in [0.05, 0.1) is 30.7 Å². The Kier molecular flexibility index (Phi) is 8.08. The SMILES string of the molecule is COC(C)c1ncc([C@@H]2C[C@H]3COC[C@@H](C2)N3)cc1-c1[nH]c2ccc(CCBr)cc2c1CC(C)(C)CO. The van der Waals surface area contributed by atoms with E-state index in [0.29, 0.717) is 18.0 Å². The molecule has 0 spiro atoms. The number of H-pyrrole nitrogens is 1. The average Bonchev–Trinajstić information content (AvgIpc) is 3.24. The maximum atomic E-state index is 10.2. The molecule has 2 bridgehead atoms. The maximum absolute atomic E-state index is 10.2. The van der Waals surface area contributed by atoms with E-state index < -0.39 is 0 Å². The Hall–Kier alpha value is -1.77. The van der Waals surface area contributed by atoms with Crippen LogP contribution < -0.4 is 5.32 Å². The number of alkyl halides is 1. The second kappa shape index (κ2) is 11.1. The molecule has 6 nitrogen and oxygen atoms in total. The number of aliphatic hydroxyl groups excluding tert-OH is 1. The van der Waals surface area contributed by atoms with Crippen LogP contribution >= 0.6 is 15.9 Å². The summed E-state index contributed by atoms with van der Waals surface area (Å²) in [6.45, 7) is 8.00. The molecule has 1 aromatic carbocycles. The van der Waals surface area contributed by atoms with Crippen molar-refractivity contribution in [1.82, 2.24) is 15.3 Å². The van der Waals surface area contributed by atoms with Crippen LogP contribution in [0, 0.1) is 5.41 Å². The Bertz CT molecular complexity index is 1230. The molecule has 2 aliphatic rings. The minimum Gasteiger partial charge on any atom is -0.396 e. The number of nitrogens with one attached hydrogen (secondary N) is 2. The van der Waals surface area contributed by atoms with Gasteiger partial charge in [0.1, 0.15) is 0 Å². The van der Waals surface area contributed by atoms with Crippen LogP contribution in [0.2, 0.25) is 0 Å². The predicted molar refractivity (Wildman–Crippen MR) is 153 cm³/mol. The third-order valence-corrected chi connectivity index (χ3v) is 8.50. The molecule has 2 aromatic heterocycles. The van der Waals surface area contributed by atoms with E-state index in [-0.39, 0.29) is 18.1 Å². The first-order valence-corrected chi connectivity index (χ1v) is 14.6. The summed E-state index contributed by atoms with van der Waals surface area (Å²) in [4.78, 5) is 8.78. The molecule has 3 N–H and O–H groups in total. The molecule has 2 fully saturated rings. The first-order valence-electron chi connectivity index (χ1n) is 13.5. The summed E-state index contributed by atoms with van der Waals surface area (Å²) in [6, 6.07) is 9.86. The number of ether oxygens (including phenoxy) is 2. The number of rotatable bonds is 9. The molecule has 0 radical (unpaired) electrons. The molecule has 5 rings (SSSR count). The van der Waals surface area contributed by atoms with Crippen LogP contribution in [0.4, 0.5) is 0 Å². The zero-order valence-electron chi connectivity index (χ0n) is 22.4. The number of halogens is 1. The molecule has 7 heteroatoms. The Morgan fingerprint density at radius 2 is 1.97 bits per heavy atom. The van der Waals surface area contributed by atoms with Crippen molar-refractivity contribution >= 4 is 26.8 Å². The van der Waals surface area contributed by atoms with Crippen molar-refractivity contribution in [2.75, 3.05) is 32.3 Å². The number of piperidine rings is 1. The van der Waals surface area contributed by atoms with Crippen LogP contribution in [0.3, 0.4) is 0 Å². The van der Waals surface area contributed by atoms with E-state index in [0.717, 1.165) is 66.7 Å². The van der Waals surface area contributed by atoms with Crippen LogP contribution in [0.1, 0.15) is 68.0 Å². The van der Waals surface area contributed by atoms with E-state index >= 15 is 0 Å². The number of aromatic amines is 1. The predicted octanol–water partition coefficient (Wildman–Crippen LogP) is 5.67. The number of morpholine rings is 1. The van der Waals surface area contributed by atoms with Gasteiger partial charge < -0.3 is 24.9 Å². The standard InChI is InChI=1S/C30H40BrN3O3/c1-18(36-4)28-25(12-21(14-32-28)20-10-22-15-37-16-23(11-20)33-22)29-26(13-30(2,3)17-35)24-9-19(7-8-31)5-6-27(24)34-29/h5-6,9,12,14,18,20,22-23,33-35H,7-8,10-11,13,15-17H2,1-4H3/t18?,20-,22+,23-. The van der Waals surface area contributed by atoms with E-state index in [9.17, 15) is 5.11 Å². The molecule has 3 aromatic rings. The van der Waals surface area contributed by atoms with Crippen molar-refractivity contribution in [3.8, 4) is 11.3 Å². The lowest BCUT2D eigenvalue weighted by Crippen LogP contribution is -2.53. The van der Waals surface area contributed by atoms with Gasteiger partial charge in [-0.3, -0.25) is 4.98 Å². The molecule has 2 aliphatic heterocycles. The number of pyridine rings is 1. The van der Waals surface area contributed by atoms with E-state index in [1.807, 2.05) is 0 Å². The minimum absolute atomic E-state index is 0.125. The fraction of sp³-hybridized carbons (Fsp3) is 0.567. The number of aryl methyl sites for hydroxylation is 1. The highest BCUT2D eigenvalue weighted by Gasteiger charge is 2.33. The number of nitrogens with zero attached hydrogens (tertiary/aromatic N) is 1. The zero-order chi connectivity index (χ0) is 26.2. The zero-order valence-corrected chi connectivity index (χ0v) is 24.0. The molecule has 4 atom stereocenters. The molecular formula is C30H40BrN3O3. The molecular weight excluding hydrogens is 530 g/mol. The van der Waals surface area contributed by atoms with Gasteiger partial charge in [0.2, 0.25) is 0 Å². The summed E-state index contributed by atoms with van der Waals surface area (Å²) in [5.41, 5.74) is 7.84.